The Morgan fingerprint density at radius 2 is 1.88 bits per heavy atom. The van der Waals surface area contributed by atoms with Crippen molar-refractivity contribution in [1.29, 1.82) is 0 Å². The highest BCUT2D eigenvalue weighted by Gasteiger charge is 2.55. The lowest BCUT2D eigenvalue weighted by Crippen LogP contribution is -2.43. The van der Waals surface area contributed by atoms with E-state index in [1.165, 1.54) is 0 Å². The lowest BCUT2D eigenvalue weighted by Gasteiger charge is -2.25. The zero-order valence-electron chi connectivity index (χ0n) is 22.4. The minimum atomic E-state index is -4.11. The Bertz CT molecular complexity index is 1450. The molecule has 4 rings (SSSR count). The Morgan fingerprint density at radius 3 is 2.58 bits per heavy atom. The highest BCUT2D eigenvalue weighted by molar-refractivity contribution is 7.52. The second-order valence-corrected chi connectivity index (χ2v) is 11.5. The van der Waals surface area contributed by atoms with Crippen LogP contribution in [-0.4, -0.2) is 51.8 Å². The van der Waals surface area contributed by atoms with E-state index in [4.69, 9.17) is 18.5 Å². The van der Waals surface area contributed by atoms with Gasteiger partial charge in [-0.05, 0) is 44.0 Å². The van der Waals surface area contributed by atoms with Crippen LogP contribution in [0.25, 0.3) is 0 Å². The Labute approximate surface area is 230 Å². The first kappa shape index (κ1) is 29.9. The van der Waals surface area contributed by atoms with E-state index in [1.807, 2.05) is 36.2 Å². The maximum atomic E-state index is 15.6. The van der Waals surface area contributed by atoms with Crippen LogP contribution in [0.1, 0.15) is 31.2 Å². The minimum absolute atomic E-state index is 0.169. The van der Waals surface area contributed by atoms with Crippen molar-refractivity contribution in [2.24, 2.45) is 0 Å². The predicted molar refractivity (Wildman–Crippen MR) is 145 cm³/mol. The van der Waals surface area contributed by atoms with Gasteiger partial charge in [0.1, 0.15) is 18.0 Å². The molecule has 0 aliphatic carbocycles. The number of nitrogens with zero attached hydrogens (tertiary/aromatic N) is 1. The summed E-state index contributed by atoms with van der Waals surface area (Å²) in [5.41, 5.74) is -1.91. The molecule has 0 spiro atoms. The molecular formula is C27H33FN3O8P. The summed E-state index contributed by atoms with van der Waals surface area (Å²) in [6.45, 7) is 4.76. The molecule has 0 saturated carbocycles. The number of aromatic amines is 1. The summed E-state index contributed by atoms with van der Waals surface area (Å²) < 4.78 is 53.0. The van der Waals surface area contributed by atoms with Gasteiger partial charge in [0, 0.05) is 18.3 Å². The first-order valence-electron chi connectivity index (χ1n) is 12.7. The summed E-state index contributed by atoms with van der Waals surface area (Å²) in [6.07, 6.45) is -3.57. The number of nitrogens with one attached hydrogen (secondary N) is 2. The molecule has 2 aromatic carbocycles. The highest BCUT2D eigenvalue weighted by Crippen LogP contribution is 2.47. The van der Waals surface area contributed by atoms with Crippen molar-refractivity contribution in [3.8, 4) is 5.75 Å². The van der Waals surface area contributed by atoms with Gasteiger partial charge in [-0.25, -0.2) is 18.8 Å². The van der Waals surface area contributed by atoms with E-state index in [-0.39, 0.29) is 12.4 Å². The van der Waals surface area contributed by atoms with Crippen molar-refractivity contribution >= 4 is 7.75 Å². The standard InChI is InChI=1S/C27H33FN3O8P/c1-18-9-7-8-10-20(18)16-36-15-19(2)30-40(35,39-21-11-5-4-6-12-21)37-17-22-24(33)27(3,28)25(38-22)31-14-13-23(32)29-26(31)34/h4-14,19,22,24-25,33H,15-17H2,1-3H3,(H,30,35)(H,29,32,34)/t19?,22-,24-,25-,27-,40?/m1/s1. The second-order valence-electron chi connectivity index (χ2n) is 9.81. The number of ether oxygens (including phenoxy) is 2. The number of rotatable bonds is 12. The number of aromatic nitrogens is 2. The van der Waals surface area contributed by atoms with Gasteiger partial charge in [0.25, 0.3) is 5.56 Å². The lowest BCUT2D eigenvalue weighted by molar-refractivity contribution is -0.0594. The third-order valence-corrected chi connectivity index (χ3v) is 8.16. The van der Waals surface area contributed by atoms with Crippen molar-refractivity contribution in [3.05, 3.63) is 98.8 Å². The van der Waals surface area contributed by atoms with Crippen molar-refractivity contribution in [3.63, 3.8) is 0 Å². The third-order valence-electron chi connectivity index (χ3n) is 6.46. The van der Waals surface area contributed by atoms with Crippen molar-refractivity contribution in [2.45, 2.75) is 57.5 Å². The topological polar surface area (TPSA) is 141 Å². The number of aliphatic hydroxyl groups excluding tert-OH is 1. The summed E-state index contributed by atoms with van der Waals surface area (Å²) in [7, 11) is -4.11. The van der Waals surface area contributed by atoms with E-state index in [1.54, 1.807) is 37.3 Å². The summed E-state index contributed by atoms with van der Waals surface area (Å²) in [4.78, 5) is 25.7. The molecule has 216 valence electrons. The van der Waals surface area contributed by atoms with Gasteiger partial charge in [-0.2, -0.15) is 0 Å². The SMILES string of the molecule is Cc1ccccc1COCC(C)NP(=O)(OC[C@H]1O[C@@H](n2ccc(=O)[nH]c2=O)[C@](C)(F)[C@@H]1O)Oc1ccccc1. The maximum Gasteiger partial charge on any atom is 0.459 e. The van der Waals surface area contributed by atoms with Gasteiger partial charge in [0.2, 0.25) is 0 Å². The van der Waals surface area contributed by atoms with Gasteiger partial charge in [-0.15, -0.1) is 0 Å². The van der Waals surface area contributed by atoms with Crippen LogP contribution in [0, 0.1) is 6.92 Å². The molecule has 3 aromatic rings. The second kappa shape index (κ2) is 12.6. The number of hydrogen-bond donors (Lipinski definition) is 3. The molecule has 3 N–H and O–H groups in total. The van der Waals surface area contributed by atoms with Crippen LogP contribution in [0.2, 0.25) is 0 Å². The number of aryl methyl sites for hydroxylation is 1. The normalized spacial score (nSPS) is 24.9. The lowest BCUT2D eigenvalue weighted by atomic mass is 9.98. The van der Waals surface area contributed by atoms with Gasteiger partial charge in [-0.3, -0.25) is 18.9 Å². The summed E-state index contributed by atoms with van der Waals surface area (Å²) in [5, 5.41) is 13.5. The molecular weight excluding hydrogens is 544 g/mol. The van der Waals surface area contributed by atoms with Crippen molar-refractivity contribution in [2.75, 3.05) is 13.2 Å². The number of benzene rings is 2. The van der Waals surface area contributed by atoms with Crippen molar-refractivity contribution in [1.82, 2.24) is 14.6 Å². The Kier molecular flexibility index (Phi) is 9.40. The quantitative estimate of drug-likeness (QED) is 0.277. The summed E-state index contributed by atoms with van der Waals surface area (Å²) in [5.74, 6) is 0.257. The Balaban J connectivity index is 1.44. The number of para-hydroxylation sites is 1. The van der Waals surface area contributed by atoms with Crippen molar-refractivity contribution < 1.29 is 32.6 Å². The number of H-pyrrole nitrogens is 1. The van der Waals surface area contributed by atoms with Crippen LogP contribution in [0.5, 0.6) is 5.75 Å². The third kappa shape index (κ3) is 7.14. The smallest absolute Gasteiger partial charge is 0.413 e. The first-order chi connectivity index (χ1) is 19.0. The van der Waals surface area contributed by atoms with E-state index in [9.17, 15) is 19.3 Å². The fourth-order valence-corrected chi connectivity index (χ4v) is 5.81. The molecule has 0 radical (unpaired) electrons. The van der Waals surface area contributed by atoms with Gasteiger partial charge in [0.05, 0.1) is 19.8 Å². The zero-order chi connectivity index (χ0) is 28.9. The van der Waals surface area contributed by atoms with Crippen LogP contribution in [0.4, 0.5) is 4.39 Å². The molecule has 0 amide bonds. The fraction of sp³-hybridized carbons (Fsp3) is 0.407. The van der Waals surface area contributed by atoms with Crippen LogP contribution >= 0.6 is 7.75 Å². The van der Waals surface area contributed by atoms with Crippen LogP contribution in [0.3, 0.4) is 0 Å². The van der Waals surface area contributed by atoms with E-state index >= 15 is 4.39 Å². The number of hydrogen-bond acceptors (Lipinski definition) is 8. The minimum Gasteiger partial charge on any atom is -0.413 e. The van der Waals surface area contributed by atoms with Gasteiger partial charge < -0.3 is 19.1 Å². The van der Waals surface area contributed by atoms with Crippen LogP contribution in [-0.2, 0) is 25.2 Å². The largest absolute Gasteiger partial charge is 0.459 e. The monoisotopic (exact) mass is 577 g/mol. The van der Waals surface area contributed by atoms with Gasteiger partial charge >= 0.3 is 13.4 Å². The first-order valence-corrected chi connectivity index (χ1v) is 14.3. The van der Waals surface area contributed by atoms with E-state index < -0.39 is 55.7 Å². The molecule has 1 aliphatic heterocycles. The van der Waals surface area contributed by atoms with E-state index in [2.05, 4.69) is 5.09 Å². The molecule has 11 nitrogen and oxygen atoms in total. The molecule has 1 aliphatic rings. The molecule has 0 bridgehead atoms. The average Bonchev–Trinajstić information content (AvgIpc) is 3.12. The van der Waals surface area contributed by atoms with Gasteiger partial charge in [-0.1, -0.05) is 42.5 Å². The average molecular weight is 578 g/mol. The molecule has 2 unspecified atom stereocenters. The summed E-state index contributed by atoms with van der Waals surface area (Å²) >= 11 is 0. The molecule has 2 heterocycles. The molecule has 6 atom stereocenters. The number of halogens is 1. The number of alkyl halides is 1. The molecule has 40 heavy (non-hydrogen) atoms. The van der Waals surface area contributed by atoms with Crippen LogP contribution in [0.15, 0.2) is 76.4 Å². The predicted octanol–water partition coefficient (Wildman–Crippen LogP) is 3.23. The van der Waals surface area contributed by atoms with E-state index in [0.717, 1.165) is 34.9 Å². The molecule has 13 heteroatoms. The van der Waals surface area contributed by atoms with E-state index in [0.29, 0.717) is 6.61 Å². The Morgan fingerprint density at radius 1 is 1.18 bits per heavy atom. The maximum absolute atomic E-state index is 15.6. The summed E-state index contributed by atoms with van der Waals surface area (Å²) in [6, 6.07) is 16.7. The zero-order valence-corrected chi connectivity index (χ0v) is 23.3. The number of aliphatic hydroxyl groups is 1. The Hall–Kier alpha value is -3.12. The van der Waals surface area contributed by atoms with Gasteiger partial charge in [0.15, 0.2) is 11.9 Å². The molecule has 1 saturated heterocycles. The van der Waals surface area contributed by atoms with Crippen LogP contribution < -0.4 is 20.9 Å². The highest BCUT2D eigenvalue weighted by atomic mass is 31.2. The molecule has 1 aromatic heterocycles. The molecule has 1 fully saturated rings. The fourth-order valence-electron chi connectivity index (χ4n) is 4.27.